The lowest BCUT2D eigenvalue weighted by Crippen LogP contribution is -2.40. The quantitative estimate of drug-likeness (QED) is 0.796. The van der Waals surface area contributed by atoms with E-state index < -0.39 is 0 Å². The molecule has 0 bridgehead atoms. The van der Waals surface area contributed by atoms with Crippen molar-refractivity contribution in [2.24, 2.45) is 0 Å². The van der Waals surface area contributed by atoms with Gasteiger partial charge in [-0.1, -0.05) is 13.3 Å². The van der Waals surface area contributed by atoms with Crippen molar-refractivity contribution in [1.82, 2.24) is 20.2 Å². The number of rotatable bonds is 6. The lowest BCUT2D eigenvalue weighted by Gasteiger charge is -2.24. The molecule has 1 atom stereocenters. The Morgan fingerprint density at radius 3 is 2.74 bits per heavy atom. The Balaban J connectivity index is 2.64. The van der Waals surface area contributed by atoms with E-state index in [0.29, 0.717) is 23.8 Å². The lowest BCUT2D eigenvalue weighted by molar-refractivity contribution is 0.0939. The fourth-order valence-electron chi connectivity index (χ4n) is 1.89. The molecule has 0 saturated carbocycles. The maximum atomic E-state index is 12.1. The minimum Gasteiger partial charge on any atom is -0.368 e. The van der Waals surface area contributed by atoms with Gasteiger partial charge in [0.1, 0.15) is 0 Å². The average molecular weight is 265 g/mol. The summed E-state index contributed by atoms with van der Waals surface area (Å²) in [4.78, 5) is 22.0. The molecule has 1 amide bonds. The van der Waals surface area contributed by atoms with E-state index in [4.69, 9.17) is 5.73 Å². The number of nitrogens with zero attached hydrogens (tertiary/aromatic N) is 3. The standard InChI is InChI=1S/C13H23N5O/c1-5-6-10(18(3)4)7-15-12(19)11-8-16-13(14)17-9(11)2/h8,10H,5-7H2,1-4H3,(H,15,19)(H2,14,16,17)/t10-/m1/s1. The first-order valence-electron chi connectivity index (χ1n) is 6.49. The van der Waals surface area contributed by atoms with Crippen molar-refractivity contribution in [3.8, 4) is 0 Å². The van der Waals surface area contributed by atoms with Crippen LogP contribution in [0.2, 0.25) is 0 Å². The molecule has 0 spiro atoms. The second-order valence-electron chi connectivity index (χ2n) is 4.84. The fourth-order valence-corrected chi connectivity index (χ4v) is 1.89. The zero-order valence-corrected chi connectivity index (χ0v) is 12.1. The molecule has 0 unspecified atom stereocenters. The fraction of sp³-hybridized carbons (Fsp3) is 0.615. The van der Waals surface area contributed by atoms with Gasteiger partial charge in [0.25, 0.3) is 5.91 Å². The molecule has 6 heteroatoms. The summed E-state index contributed by atoms with van der Waals surface area (Å²) in [6.07, 6.45) is 3.60. The monoisotopic (exact) mass is 265 g/mol. The number of nitrogens with two attached hydrogens (primary N) is 1. The van der Waals surface area contributed by atoms with Crippen molar-refractivity contribution < 1.29 is 4.79 Å². The summed E-state index contributed by atoms with van der Waals surface area (Å²) >= 11 is 0. The van der Waals surface area contributed by atoms with Gasteiger partial charge in [-0.25, -0.2) is 9.97 Å². The van der Waals surface area contributed by atoms with E-state index in [1.54, 1.807) is 6.92 Å². The van der Waals surface area contributed by atoms with Crippen LogP contribution in [0, 0.1) is 6.92 Å². The van der Waals surface area contributed by atoms with E-state index in [2.05, 4.69) is 27.1 Å². The van der Waals surface area contributed by atoms with Gasteiger partial charge in [-0.3, -0.25) is 4.79 Å². The van der Waals surface area contributed by atoms with E-state index in [1.165, 1.54) is 6.20 Å². The number of hydrogen-bond acceptors (Lipinski definition) is 5. The molecule has 0 aromatic carbocycles. The topological polar surface area (TPSA) is 84.1 Å². The third-order valence-electron chi connectivity index (χ3n) is 3.09. The number of nitrogens with one attached hydrogen (secondary N) is 1. The second-order valence-corrected chi connectivity index (χ2v) is 4.84. The van der Waals surface area contributed by atoms with Crippen LogP contribution in [0.4, 0.5) is 5.95 Å². The minimum atomic E-state index is -0.152. The largest absolute Gasteiger partial charge is 0.368 e. The molecule has 0 radical (unpaired) electrons. The van der Waals surface area contributed by atoms with Crippen LogP contribution in [-0.4, -0.2) is 47.5 Å². The van der Waals surface area contributed by atoms with E-state index >= 15 is 0 Å². The number of aromatic nitrogens is 2. The molecule has 1 aromatic rings. The Bertz CT molecular complexity index is 433. The summed E-state index contributed by atoms with van der Waals surface area (Å²) in [5.74, 6) is 0.0339. The van der Waals surface area contributed by atoms with Crippen LogP contribution in [0.25, 0.3) is 0 Å². The number of anilines is 1. The van der Waals surface area contributed by atoms with E-state index in [-0.39, 0.29) is 11.9 Å². The Hall–Kier alpha value is -1.69. The number of hydrogen-bond donors (Lipinski definition) is 2. The number of amides is 1. The molecular weight excluding hydrogens is 242 g/mol. The molecule has 0 fully saturated rings. The molecular formula is C13H23N5O. The summed E-state index contributed by atoms with van der Waals surface area (Å²) in [7, 11) is 4.04. The number of carbonyl (C=O) groups is 1. The summed E-state index contributed by atoms with van der Waals surface area (Å²) in [5, 5.41) is 2.92. The Morgan fingerprint density at radius 2 is 2.21 bits per heavy atom. The van der Waals surface area contributed by atoms with E-state index in [0.717, 1.165) is 12.8 Å². The molecule has 1 heterocycles. The van der Waals surface area contributed by atoms with Crippen LogP contribution < -0.4 is 11.1 Å². The maximum absolute atomic E-state index is 12.1. The van der Waals surface area contributed by atoms with Crippen LogP contribution in [0.15, 0.2) is 6.20 Å². The summed E-state index contributed by atoms with van der Waals surface area (Å²) in [5.41, 5.74) is 6.54. The Labute approximate surface area is 114 Å². The van der Waals surface area contributed by atoms with Gasteiger partial charge in [-0.05, 0) is 27.4 Å². The van der Waals surface area contributed by atoms with Crippen molar-refractivity contribution in [2.45, 2.75) is 32.7 Å². The number of nitrogen functional groups attached to an aromatic ring is 1. The van der Waals surface area contributed by atoms with Crippen molar-refractivity contribution in [3.63, 3.8) is 0 Å². The molecule has 0 aliphatic heterocycles. The lowest BCUT2D eigenvalue weighted by atomic mass is 10.1. The van der Waals surface area contributed by atoms with Gasteiger partial charge in [-0.2, -0.15) is 0 Å². The molecule has 0 aliphatic rings. The van der Waals surface area contributed by atoms with Crippen molar-refractivity contribution in [3.05, 3.63) is 17.5 Å². The summed E-state index contributed by atoms with van der Waals surface area (Å²) in [6, 6.07) is 0.337. The molecule has 106 valence electrons. The van der Waals surface area contributed by atoms with Gasteiger partial charge >= 0.3 is 0 Å². The van der Waals surface area contributed by atoms with Gasteiger partial charge in [-0.15, -0.1) is 0 Å². The van der Waals surface area contributed by atoms with Gasteiger partial charge < -0.3 is 16.0 Å². The SMILES string of the molecule is CCC[C@H](CNC(=O)c1cnc(N)nc1C)N(C)C. The third-order valence-corrected chi connectivity index (χ3v) is 3.09. The van der Waals surface area contributed by atoms with Crippen LogP contribution >= 0.6 is 0 Å². The van der Waals surface area contributed by atoms with Gasteiger partial charge in [0, 0.05) is 18.8 Å². The smallest absolute Gasteiger partial charge is 0.254 e. The summed E-state index contributed by atoms with van der Waals surface area (Å²) in [6.45, 7) is 4.50. The highest BCUT2D eigenvalue weighted by molar-refractivity contribution is 5.94. The Kier molecular flexibility index (Phi) is 5.69. The first-order valence-corrected chi connectivity index (χ1v) is 6.49. The Morgan fingerprint density at radius 1 is 1.53 bits per heavy atom. The summed E-state index contributed by atoms with van der Waals surface area (Å²) < 4.78 is 0. The highest BCUT2D eigenvalue weighted by Crippen LogP contribution is 2.06. The predicted molar refractivity (Wildman–Crippen MR) is 75.9 cm³/mol. The van der Waals surface area contributed by atoms with Crippen LogP contribution in [0.1, 0.15) is 35.8 Å². The predicted octanol–water partition coefficient (Wildman–Crippen LogP) is 0.827. The van der Waals surface area contributed by atoms with Crippen LogP contribution in [0.3, 0.4) is 0 Å². The molecule has 3 N–H and O–H groups in total. The van der Waals surface area contributed by atoms with E-state index in [9.17, 15) is 4.79 Å². The average Bonchev–Trinajstić information content (AvgIpc) is 2.33. The molecule has 6 nitrogen and oxygen atoms in total. The minimum absolute atomic E-state index is 0.152. The van der Waals surface area contributed by atoms with Crippen molar-refractivity contribution >= 4 is 11.9 Å². The third kappa shape index (κ3) is 4.48. The maximum Gasteiger partial charge on any atom is 0.254 e. The van der Waals surface area contributed by atoms with Crippen molar-refractivity contribution in [2.75, 3.05) is 26.4 Å². The van der Waals surface area contributed by atoms with Crippen LogP contribution in [0.5, 0.6) is 0 Å². The number of likely N-dealkylation sites (N-methyl/N-ethyl adjacent to an activating group) is 1. The van der Waals surface area contributed by atoms with Crippen molar-refractivity contribution in [1.29, 1.82) is 0 Å². The number of aryl methyl sites for hydroxylation is 1. The van der Waals surface area contributed by atoms with E-state index in [1.807, 2.05) is 14.1 Å². The highest BCUT2D eigenvalue weighted by atomic mass is 16.1. The number of carbonyl (C=O) groups excluding carboxylic acids is 1. The van der Waals surface area contributed by atoms with Gasteiger partial charge in [0.15, 0.2) is 0 Å². The molecule has 19 heavy (non-hydrogen) atoms. The molecule has 0 saturated heterocycles. The molecule has 1 rings (SSSR count). The zero-order valence-electron chi connectivity index (χ0n) is 12.1. The van der Waals surface area contributed by atoms with Gasteiger partial charge in [0.05, 0.1) is 11.3 Å². The molecule has 0 aliphatic carbocycles. The zero-order chi connectivity index (χ0) is 14.4. The highest BCUT2D eigenvalue weighted by Gasteiger charge is 2.15. The second kappa shape index (κ2) is 7.04. The van der Waals surface area contributed by atoms with Gasteiger partial charge in [0.2, 0.25) is 5.95 Å². The van der Waals surface area contributed by atoms with Crippen LogP contribution in [-0.2, 0) is 0 Å². The molecule has 1 aromatic heterocycles. The first-order chi connectivity index (χ1) is 8.95. The first kappa shape index (κ1) is 15.4. The normalized spacial score (nSPS) is 12.5.